The molecule has 0 saturated carbocycles. The first-order valence-electron chi connectivity index (χ1n) is 6.42. The molecule has 6 nitrogen and oxygen atoms in total. The minimum atomic E-state index is -3.14. The molecule has 104 valence electrons. The summed E-state index contributed by atoms with van der Waals surface area (Å²) in [5.74, 6) is 0.335. The first kappa shape index (κ1) is 13.8. The standard InChI is InChI=1S/C11H21N3O3S/c1-18(16,17)13-10-3-6-14(7-4-10)11(15)9-2-5-12-8-9/h9-10,12-13H,2-8H2,1H3. The third-order valence-corrected chi connectivity index (χ3v) is 4.36. The number of amides is 1. The second kappa shape index (κ2) is 5.54. The number of carbonyl (C=O) groups excluding carboxylic acids is 1. The number of piperidine rings is 1. The van der Waals surface area contributed by atoms with E-state index in [1.165, 1.54) is 6.26 Å². The number of nitrogens with one attached hydrogen (secondary N) is 2. The fourth-order valence-electron chi connectivity index (χ4n) is 2.64. The van der Waals surface area contributed by atoms with Gasteiger partial charge in [-0.15, -0.1) is 0 Å². The normalized spacial score (nSPS) is 26.5. The van der Waals surface area contributed by atoms with Gasteiger partial charge in [0, 0.05) is 25.7 Å². The molecule has 2 heterocycles. The van der Waals surface area contributed by atoms with Crippen molar-refractivity contribution in [3.8, 4) is 0 Å². The van der Waals surface area contributed by atoms with Gasteiger partial charge in [0.15, 0.2) is 0 Å². The van der Waals surface area contributed by atoms with E-state index in [0.29, 0.717) is 25.9 Å². The molecule has 0 bridgehead atoms. The summed E-state index contributed by atoms with van der Waals surface area (Å²) in [5, 5.41) is 3.19. The Morgan fingerprint density at radius 2 is 1.94 bits per heavy atom. The zero-order chi connectivity index (χ0) is 13.2. The number of sulfonamides is 1. The van der Waals surface area contributed by atoms with E-state index in [2.05, 4.69) is 10.0 Å². The molecule has 0 spiro atoms. The first-order chi connectivity index (χ1) is 8.46. The number of likely N-dealkylation sites (tertiary alicyclic amines) is 1. The Morgan fingerprint density at radius 3 is 2.44 bits per heavy atom. The Balaban J connectivity index is 1.81. The van der Waals surface area contributed by atoms with Crippen LogP contribution in [0.4, 0.5) is 0 Å². The highest BCUT2D eigenvalue weighted by molar-refractivity contribution is 7.88. The highest BCUT2D eigenvalue weighted by atomic mass is 32.2. The number of rotatable bonds is 3. The van der Waals surface area contributed by atoms with Crippen LogP contribution in [-0.4, -0.2) is 57.7 Å². The third kappa shape index (κ3) is 3.66. The van der Waals surface area contributed by atoms with Crippen molar-refractivity contribution in [1.82, 2.24) is 14.9 Å². The van der Waals surface area contributed by atoms with Gasteiger partial charge >= 0.3 is 0 Å². The Labute approximate surface area is 108 Å². The quantitative estimate of drug-likeness (QED) is 0.702. The second-order valence-electron chi connectivity index (χ2n) is 5.18. The maximum Gasteiger partial charge on any atom is 0.227 e. The SMILES string of the molecule is CS(=O)(=O)NC1CCN(C(=O)C2CCNC2)CC1. The van der Waals surface area contributed by atoms with E-state index in [0.717, 1.165) is 19.5 Å². The van der Waals surface area contributed by atoms with Crippen molar-refractivity contribution in [3.63, 3.8) is 0 Å². The molecule has 0 aromatic rings. The molecule has 1 amide bonds. The second-order valence-corrected chi connectivity index (χ2v) is 6.96. The molecule has 0 aliphatic carbocycles. The maximum atomic E-state index is 12.1. The fraction of sp³-hybridized carbons (Fsp3) is 0.909. The molecule has 1 unspecified atom stereocenters. The highest BCUT2D eigenvalue weighted by Crippen LogP contribution is 2.17. The summed E-state index contributed by atoms with van der Waals surface area (Å²) in [6, 6.07) is -0.0225. The summed E-state index contributed by atoms with van der Waals surface area (Å²) < 4.78 is 24.9. The largest absolute Gasteiger partial charge is 0.342 e. The molecular formula is C11H21N3O3S. The van der Waals surface area contributed by atoms with E-state index < -0.39 is 10.0 Å². The number of carbonyl (C=O) groups is 1. The molecule has 7 heteroatoms. The van der Waals surface area contributed by atoms with Crippen molar-refractivity contribution in [2.75, 3.05) is 32.4 Å². The lowest BCUT2D eigenvalue weighted by Crippen LogP contribution is -2.48. The van der Waals surface area contributed by atoms with E-state index in [1.54, 1.807) is 0 Å². The van der Waals surface area contributed by atoms with Crippen LogP contribution in [0.25, 0.3) is 0 Å². The van der Waals surface area contributed by atoms with Crippen molar-refractivity contribution in [3.05, 3.63) is 0 Å². The van der Waals surface area contributed by atoms with Crippen LogP contribution in [0.1, 0.15) is 19.3 Å². The Morgan fingerprint density at radius 1 is 1.28 bits per heavy atom. The van der Waals surface area contributed by atoms with Crippen LogP contribution in [0, 0.1) is 5.92 Å². The van der Waals surface area contributed by atoms with E-state index in [-0.39, 0.29) is 17.9 Å². The average Bonchev–Trinajstić information content (AvgIpc) is 2.80. The van der Waals surface area contributed by atoms with Crippen molar-refractivity contribution in [2.45, 2.75) is 25.3 Å². The van der Waals surface area contributed by atoms with E-state index in [1.807, 2.05) is 4.90 Å². The van der Waals surface area contributed by atoms with Crippen molar-refractivity contribution < 1.29 is 13.2 Å². The maximum absolute atomic E-state index is 12.1. The molecule has 18 heavy (non-hydrogen) atoms. The first-order valence-corrected chi connectivity index (χ1v) is 8.31. The molecule has 2 N–H and O–H groups in total. The van der Waals surface area contributed by atoms with Gasteiger partial charge in [-0.25, -0.2) is 13.1 Å². The van der Waals surface area contributed by atoms with E-state index in [9.17, 15) is 13.2 Å². The molecule has 0 aromatic heterocycles. The van der Waals surface area contributed by atoms with Gasteiger partial charge in [0.2, 0.25) is 15.9 Å². The molecule has 1 atom stereocenters. The van der Waals surface area contributed by atoms with Crippen LogP contribution in [0.3, 0.4) is 0 Å². The molecule has 0 radical (unpaired) electrons. The smallest absolute Gasteiger partial charge is 0.227 e. The summed E-state index contributed by atoms with van der Waals surface area (Å²) in [6.07, 6.45) is 3.51. The summed E-state index contributed by atoms with van der Waals surface area (Å²) in [5.41, 5.74) is 0. The highest BCUT2D eigenvalue weighted by Gasteiger charge is 2.30. The average molecular weight is 275 g/mol. The van der Waals surface area contributed by atoms with E-state index in [4.69, 9.17) is 0 Å². The molecule has 2 saturated heterocycles. The lowest BCUT2D eigenvalue weighted by molar-refractivity contribution is -0.135. The Kier molecular flexibility index (Phi) is 4.24. The van der Waals surface area contributed by atoms with Crippen LogP contribution >= 0.6 is 0 Å². The third-order valence-electron chi connectivity index (χ3n) is 3.60. The molecule has 0 aromatic carbocycles. The zero-order valence-electron chi connectivity index (χ0n) is 10.7. The minimum Gasteiger partial charge on any atom is -0.342 e. The van der Waals surface area contributed by atoms with Gasteiger partial charge < -0.3 is 10.2 Å². The van der Waals surface area contributed by atoms with Gasteiger partial charge in [-0.05, 0) is 25.8 Å². The van der Waals surface area contributed by atoms with Gasteiger partial charge in [-0.1, -0.05) is 0 Å². The van der Waals surface area contributed by atoms with Gasteiger partial charge in [0.1, 0.15) is 0 Å². The summed E-state index contributed by atoms with van der Waals surface area (Å²) in [4.78, 5) is 14.0. The predicted octanol–water partition coefficient (Wildman–Crippen LogP) is -0.864. The minimum absolute atomic E-state index is 0.0225. The fourth-order valence-corrected chi connectivity index (χ4v) is 3.49. The molecule has 2 rings (SSSR count). The topological polar surface area (TPSA) is 78.5 Å². The van der Waals surface area contributed by atoms with Gasteiger partial charge in [0.05, 0.1) is 12.2 Å². The van der Waals surface area contributed by atoms with Gasteiger partial charge in [-0.3, -0.25) is 4.79 Å². The summed E-state index contributed by atoms with van der Waals surface area (Å²) in [7, 11) is -3.14. The van der Waals surface area contributed by atoms with Crippen LogP contribution in [0.2, 0.25) is 0 Å². The lowest BCUT2D eigenvalue weighted by Gasteiger charge is -2.33. The predicted molar refractivity (Wildman–Crippen MR) is 68.6 cm³/mol. The van der Waals surface area contributed by atoms with Crippen LogP contribution < -0.4 is 10.0 Å². The molecule has 2 aliphatic heterocycles. The molecule has 2 aliphatic rings. The monoisotopic (exact) mass is 275 g/mol. The Hall–Kier alpha value is -0.660. The van der Waals surface area contributed by atoms with Crippen molar-refractivity contribution >= 4 is 15.9 Å². The van der Waals surface area contributed by atoms with Gasteiger partial charge in [-0.2, -0.15) is 0 Å². The number of nitrogens with zero attached hydrogens (tertiary/aromatic N) is 1. The summed E-state index contributed by atoms with van der Waals surface area (Å²) >= 11 is 0. The zero-order valence-corrected chi connectivity index (χ0v) is 11.5. The van der Waals surface area contributed by atoms with Crippen LogP contribution in [0.15, 0.2) is 0 Å². The molecule has 2 fully saturated rings. The Bertz CT molecular complexity index is 396. The number of hydrogen-bond acceptors (Lipinski definition) is 4. The number of hydrogen-bond donors (Lipinski definition) is 2. The van der Waals surface area contributed by atoms with Crippen molar-refractivity contribution in [1.29, 1.82) is 0 Å². The molecular weight excluding hydrogens is 254 g/mol. The van der Waals surface area contributed by atoms with Gasteiger partial charge in [0.25, 0.3) is 0 Å². The van der Waals surface area contributed by atoms with Crippen molar-refractivity contribution in [2.24, 2.45) is 5.92 Å². The van der Waals surface area contributed by atoms with Crippen LogP contribution in [0.5, 0.6) is 0 Å². The van der Waals surface area contributed by atoms with E-state index >= 15 is 0 Å². The van der Waals surface area contributed by atoms with Crippen LogP contribution in [-0.2, 0) is 14.8 Å². The lowest BCUT2D eigenvalue weighted by atomic mass is 10.0. The summed E-state index contributed by atoms with van der Waals surface area (Å²) in [6.45, 7) is 3.01.